The minimum atomic E-state index is 0.139. The van der Waals surface area contributed by atoms with E-state index in [1.165, 1.54) is 0 Å². The van der Waals surface area contributed by atoms with Crippen LogP contribution in [-0.4, -0.2) is 10.8 Å². The van der Waals surface area contributed by atoms with Crippen molar-refractivity contribution in [3.05, 3.63) is 47.2 Å². The van der Waals surface area contributed by atoms with Crippen LogP contribution < -0.4 is 0 Å². The number of aryl methyl sites for hydroxylation is 1. The first-order valence-corrected chi connectivity index (χ1v) is 4.61. The molecule has 68 valence electrons. The van der Waals surface area contributed by atoms with Gasteiger partial charge < -0.3 is 4.98 Å². The maximum atomic E-state index is 11.9. The molecule has 2 nitrogen and oxygen atoms in total. The molecule has 1 aromatic carbocycles. The first-order valence-electron chi connectivity index (χ1n) is 4.61. The predicted octanol–water partition coefficient (Wildman–Crippen LogP) is 2.53. The Morgan fingerprint density at radius 3 is 2.57 bits per heavy atom. The standard InChI is InChI=1S/C12H9NO/c1-7-6-10-11(13-7)8-4-2-3-5-9(8)12(10)14/h2-6,13H,1H3. The van der Waals surface area contributed by atoms with Gasteiger partial charge in [0.2, 0.25) is 0 Å². The van der Waals surface area contributed by atoms with Crippen LogP contribution in [0.1, 0.15) is 21.6 Å². The highest BCUT2D eigenvalue weighted by atomic mass is 16.1. The summed E-state index contributed by atoms with van der Waals surface area (Å²) in [4.78, 5) is 15.1. The van der Waals surface area contributed by atoms with E-state index in [-0.39, 0.29) is 5.78 Å². The summed E-state index contributed by atoms with van der Waals surface area (Å²) in [6, 6.07) is 9.63. The van der Waals surface area contributed by atoms with E-state index in [0.29, 0.717) is 0 Å². The summed E-state index contributed by atoms with van der Waals surface area (Å²) >= 11 is 0. The topological polar surface area (TPSA) is 32.9 Å². The lowest BCUT2D eigenvalue weighted by atomic mass is 10.1. The van der Waals surface area contributed by atoms with Crippen LogP contribution in [0.25, 0.3) is 11.3 Å². The molecule has 0 unspecified atom stereocenters. The second-order valence-corrected chi connectivity index (χ2v) is 3.62. The number of ketones is 1. The number of rotatable bonds is 0. The van der Waals surface area contributed by atoms with Gasteiger partial charge in [0.15, 0.2) is 5.78 Å². The van der Waals surface area contributed by atoms with Crippen LogP contribution in [0.2, 0.25) is 0 Å². The molecule has 0 aliphatic heterocycles. The number of benzene rings is 1. The van der Waals surface area contributed by atoms with Crippen molar-refractivity contribution in [1.29, 1.82) is 0 Å². The van der Waals surface area contributed by atoms with Crippen molar-refractivity contribution in [2.24, 2.45) is 0 Å². The first-order chi connectivity index (χ1) is 6.77. The maximum absolute atomic E-state index is 11.9. The lowest BCUT2D eigenvalue weighted by Crippen LogP contribution is -1.93. The van der Waals surface area contributed by atoms with Gasteiger partial charge in [-0.2, -0.15) is 0 Å². The molecule has 1 N–H and O–H groups in total. The van der Waals surface area contributed by atoms with Crippen molar-refractivity contribution >= 4 is 5.78 Å². The molecular formula is C12H9NO. The lowest BCUT2D eigenvalue weighted by molar-refractivity contribution is 0.104. The highest BCUT2D eigenvalue weighted by Crippen LogP contribution is 2.35. The largest absolute Gasteiger partial charge is 0.358 e. The molecule has 2 aromatic rings. The molecule has 0 amide bonds. The zero-order valence-corrected chi connectivity index (χ0v) is 7.79. The zero-order chi connectivity index (χ0) is 9.71. The van der Waals surface area contributed by atoms with Gasteiger partial charge >= 0.3 is 0 Å². The van der Waals surface area contributed by atoms with Crippen LogP contribution >= 0.6 is 0 Å². The average Bonchev–Trinajstić information content (AvgIpc) is 2.68. The number of H-pyrrole nitrogens is 1. The molecule has 0 saturated carbocycles. The van der Waals surface area contributed by atoms with E-state index < -0.39 is 0 Å². The van der Waals surface area contributed by atoms with Gasteiger partial charge in [-0.25, -0.2) is 0 Å². The van der Waals surface area contributed by atoms with Gasteiger partial charge in [-0.15, -0.1) is 0 Å². The average molecular weight is 183 g/mol. The summed E-state index contributed by atoms with van der Waals surface area (Å²) in [6.45, 7) is 1.97. The van der Waals surface area contributed by atoms with E-state index in [1.807, 2.05) is 37.3 Å². The third-order valence-corrected chi connectivity index (χ3v) is 2.64. The lowest BCUT2D eigenvalue weighted by Gasteiger charge is -1.96. The number of fused-ring (bicyclic) bond motifs is 3. The fraction of sp³-hybridized carbons (Fsp3) is 0.0833. The normalized spacial score (nSPS) is 12.8. The number of nitrogens with one attached hydrogen (secondary N) is 1. The highest BCUT2D eigenvalue weighted by molar-refractivity contribution is 6.21. The molecule has 3 rings (SSSR count). The van der Waals surface area contributed by atoms with Crippen LogP contribution in [0.5, 0.6) is 0 Å². The molecule has 1 heterocycles. The molecule has 1 aromatic heterocycles. The number of hydrogen-bond acceptors (Lipinski definition) is 1. The molecule has 0 fully saturated rings. The molecule has 0 spiro atoms. The zero-order valence-electron chi connectivity index (χ0n) is 7.79. The summed E-state index contributed by atoms with van der Waals surface area (Å²) in [6.07, 6.45) is 0. The second-order valence-electron chi connectivity index (χ2n) is 3.62. The number of hydrogen-bond donors (Lipinski definition) is 1. The van der Waals surface area contributed by atoms with Crippen LogP contribution in [0.4, 0.5) is 0 Å². The smallest absolute Gasteiger partial charge is 0.195 e. The van der Waals surface area contributed by atoms with Gasteiger partial charge in [-0.1, -0.05) is 24.3 Å². The van der Waals surface area contributed by atoms with Crippen molar-refractivity contribution in [1.82, 2.24) is 4.98 Å². The molecular weight excluding hydrogens is 174 g/mol. The van der Waals surface area contributed by atoms with Crippen LogP contribution in [0, 0.1) is 6.92 Å². The highest BCUT2D eigenvalue weighted by Gasteiger charge is 2.27. The molecule has 0 bridgehead atoms. The minimum Gasteiger partial charge on any atom is -0.358 e. The van der Waals surface area contributed by atoms with Crippen LogP contribution in [0.15, 0.2) is 30.3 Å². The molecule has 1 aliphatic carbocycles. The number of aromatic amines is 1. The third kappa shape index (κ3) is 0.777. The molecule has 0 atom stereocenters. The summed E-state index contributed by atoms with van der Waals surface area (Å²) in [7, 11) is 0. The number of carbonyl (C=O) groups is 1. The quantitative estimate of drug-likeness (QED) is 0.570. The summed E-state index contributed by atoms with van der Waals surface area (Å²) in [5.74, 6) is 0.139. The molecule has 1 aliphatic rings. The van der Waals surface area contributed by atoms with Crippen molar-refractivity contribution in [3.8, 4) is 11.3 Å². The van der Waals surface area contributed by atoms with E-state index in [9.17, 15) is 4.79 Å². The van der Waals surface area contributed by atoms with Crippen molar-refractivity contribution in [3.63, 3.8) is 0 Å². The van der Waals surface area contributed by atoms with Gasteiger partial charge in [0.25, 0.3) is 0 Å². The fourth-order valence-corrected chi connectivity index (χ4v) is 2.02. The van der Waals surface area contributed by atoms with E-state index >= 15 is 0 Å². The van der Waals surface area contributed by atoms with E-state index in [0.717, 1.165) is 28.1 Å². The molecule has 0 saturated heterocycles. The van der Waals surface area contributed by atoms with Crippen LogP contribution in [-0.2, 0) is 0 Å². The van der Waals surface area contributed by atoms with E-state index in [4.69, 9.17) is 0 Å². The Kier molecular flexibility index (Phi) is 1.27. The Labute approximate surface area is 81.6 Å². The number of aromatic nitrogens is 1. The summed E-state index contributed by atoms with van der Waals surface area (Å²) < 4.78 is 0. The Balaban J connectivity index is 2.39. The molecule has 14 heavy (non-hydrogen) atoms. The number of carbonyl (C=O) groups excluding carboxylic acids is 1. The van der Waals surface area contributed by atoms with Gasteiger partial charge in [-0.05, 0) is 13.0 Å². The fourth-order valence-electron chi connectivity index (χ4n) is 2.02. The monoisotopic (exact) mass is 183 g/mol. The van der Waals surface area contributed by atoms with Gasteiger partial charge in [0, 0.05) is 22.4 Å². The Morgan fingerprint density at radius 2 is 1.79 bits per heavy atom. The van der Waals surface area contributed by atoms with E-state index in [1.54, 1.807) is 0 Å². The molecule has 0 radical (unpaired) electrons. The first kappa shape index (κ1) is 7.56. The van der Waals surface area contributed by atoms with Crippen molar-refractivity contribution < 1.29 is 4.79 Å². The Morgan fingerprint density at radius 1 is 1.07 bits per heavy atom. The predicted molar refractivity (Wildman–Crippen MR) is 54.4 cm³/mol. The minimum absolute atomic E-state index is 0.139. The summed E-state index contributed by atoms with van der Waals surface area (Å²) in [5, 5.41) is 0. The van der Waals surface area contributed by atoms with E-state index in [2.05, 4.69) is 4.98 Å². The van der Waals surface area contributed by atoms with Crippen molar-refractivity contribution in [2.45, 2.75) is 6.92 Å². The SMILES string of the molecule is Cc1cc2c([nH]1)-c1ccccc1C2=O. The second kappa shape index (κ2) is 2.35. The van der Waals surface area contributed by atoms with Gasteiger partial charge in [-0.3, -0.25) is 4.79 Å². The van der Waals surface area contributed by atoms with Gasteiger partial charge in [0.05, 0.1) is 5.69 Å². The van der Waals surface area contributed by atoms with Gasteiger partial charge in [0.1, 0.15) is 0 Å². The van der Waals surface area contributed by atoms with Crippen molar-refractivity contribution in [2.75, 3.05) is 0 Å². The van der Waals surface area contributed by atoms with Crippen LogP contribution in [0.3, 0.4) is 0 Å². The third-order valence-electron chi connectivity index (χ3n) is 2.64. The maximum Gasteiger partial charge on any atom is 0.195 e. The molecule has 2 heteroatoms. The Hall–Kier alpha value is -1.83. The summed E-state index contributed by atoms with van der Waals surface area (Å²) in [5.41, 5.74) is 4.67. The Bertz CT molecular complexity index is 537.